The Morgan fingerprint density at radius 3 is 2.84 bits per heavy atom. The largest absolute Gasteiger partial charge is 0.379 e. The number of nitrogens with one attached hydrogen (secondary N) is 1. The van der Waals surface area contributed by atoms with Crippen LogP contribution in [-0.4, -0.2) is 55.2 Å². The molecule has 0 radical (unpaired) electrons. The Hall–Kier alpha value is -1.80. The fraction of sp³-hybridized carbons (Fsp3) is 0.333. The molecule has 1 fully saturated rings. The van der Waals surface area contributed by atoms with E-state index >= 15 is 0 Å². The predicted octanol–water partition coefficient (Wildman–Crippen LogP) is 3.09. The quantitative estimate of drug-likeness (QED) is 0.747. The van der Waals surface area contributed by atoms with Crippen LogP contribution in [0.1, 0.15) is 9.67 Å². The van der Waals surface area contributed by atoms with E-state index < -0.39 is 0 Å². The van der Waals surface area contributed by atoms with E-state index in [2.05, 4.69) is 21.3 Å². The first-order chi connectivity index (χ1) is 12.3. The summed E-state index contributed by atoms with van der Waals surface area (Å²) in [6.45, 7) is 4.97. The first kappa shape index (κ1) is 16.7. The fourth-order valence-corrected chi connectivity index (χ4v) is 4.73. The van der Waals surface area contributed by atoms with Gasteiger partial charge in [0.15, 0.2) is 0 Å². The van der Waals surface area contributed by atoms with Crippen LogP contribution < -0.4 is 5.32 Å². The maximum Gasteiger partial charge on any atom is 0.261 e. The Morgan fingerprint density at radius 1 is 1.16 bits per heavy atom. The number of rotatable bonds is 5. The number of thiophene rings is 1. The first-order valence-electron chi connectivity index (χ1n) is 8.34. The Bertz CT molecular complexity index is 835. The molecule has 130 valence electrons. The molecule has 0 atom stereocenters. The third kappa shape index (κ3) is 3.90. The molecule has 7 heteroatoms. The van der Waals surface area contributed by atoms with Gasteiger partial charge in [-0.1, -0.05) is 12.1 Å². The summed E-state index contributed by atoms with van der Waals surface area (Å²) in [7, 11) is 0. The summed E-state index contributed by atoms with van der Waals surface area (Å²) in [5.74, 6) is -0.00868. The van der Waals surface area contributed by atoms with Crippen molar-refractivity contribution >= 4 is 38.8 Å². The third-order valence-corrected chi connectivity index (χ3v) is 6.44. The highest BCUT2D eigenvalue weighted by molar-refractivity contribution is 7.26. The van der Waals surface area contributed by atoms with Crippen LogP contribution in [0, 0.1) is 0 Å². The molecule has 0 aliphatic carbocycles. The molecular weight excluding hydrogens is 354 g/mol. The molecular formula is C18H19N3O2S2. The van der Waals surface area contributed by atoms with Gasteiger partial charge in [0.1, 0.15) is 5.01 Å². The number of carbonyl (C=O) groups is 1. The van der Waals surface area contributed by atoms with Gasteiger partial charge >= 0.3 is 0 Å². The van der Waals surface area contributed by atoms with Gasteiger partial charge in [-0.05, 0) is 24.3 Å². The molecule has 1 aliphatic heterocycles. The Morgan fingerprint density at radius 2 is 2.00 bits per heavy atom. The lowest BCUT2D eigenvalue weighted by molar-refractivity contribution is 0.0383. The molecule has 0 spiro atoms. The summed E-state index contributed by atoms with van der Waals surface area (Å²) in [4.78, 5) is 21.1. The molecule has 0 saturated carbocycles. The molecule has 3 heterocycles. The predicted molar refractivity (Wildman–Crippen MR) is 103 cm³/mol. The van der Waals surface area contributed by atoms with Crippen LogP contribution in [0.4, 0.5) is 0 Å². The number of ether oxygens (including phenoxy) is 1. The summed E-state index contributed by atoms with van der Waals surface area (Å²) in [6.07, 6.45) is 0. The zero-order chi connectivity index (χ0) is 17.1. The van der Waals surface area contributed by atoms with Gasteiger partial charge in [0.2, 0.25) is 0 Å². The first-order valence-corrected chi connectivity index (χ1v) is 9.97. The maximum absolute atomic E-state index is 12.3. The number of thiazole rings is 1. The highest BCUT2D eigenvalue weighted by Crippen LogP contribution is 2.34. The van der Waals surface area contributed by atoms with Gasteiger partial charge in [0.25, 0.3) is 5.91 Å². The molecule has 1 saturated heterocycles. The van der Waals surface area contributed by atoms with Gasteiger partial charge in [-0.25, -0.2) is 4.98 Å². The zero-order valence-corrected chi connectivity index (χ0v) is 15.4. The molecule has 0 unspecified atom stereocenters. The molecule has 1 aromatic carbocycles. The molecule has 1 amide bonds. The van der Waals surface area contributed by atoms with E-state index in [4.69, 9.17) is 4.74 Å². The lowest BCUT2D eigenvalue weighted by atomic mass is 10.3. The Labute approximate surface area is 154 Å². The molecule has 1 aliphatic rings. The minimum absolute atomic E-state index is 0.00868. The van der Waals surface area contributed by atoms with Crippen molar-refractivity contribution in [3.63, 3.8) is 0 Å². The second kappa shape index (κ2) is 7.61. The molecule has 2 aromatic heterocycles. The van der Waals surface area contributed by atoms with E-state index in [0.717, 1.165) is 53.1 Å². The average molecular weight is 374 g/mol. The van der Waals surface area contributed by atoms with Gasteiger partial charge in [0.05, 0.1) is 33.2 Å². The Kier molecular flexibility index (Phi) is 5.07. The molecule has 25 heavy (non-hydrogen) atoms. The summed E-state index contributed by atoms with van der Waals surface area (Å²) < 4.78 is 6.50. The Balaban J connectivity index is 1.37. The minimum atomic E-state index is -0.00868. The monoisotopic (exact) mass is 373 g/mol. The summed E-state index contributed by atoms with van der Waals surface area (Å²) in [5, 5.41) is 3.98. The number of fused-ring (bicyclic) bond motifs is 1. The van der Waals surface area contributed by atoms with Gasteiger partial charge < -0.3 is 10.1 Å². The van der Waals surface area contributed by atoms with E-state index in [1.165, 1.54) is 16.0 Å². The second-order valence-electron chi connectivity index (χ2n) is 5.86. The maximum atomic E-state index is 12.3. The average Bonchev–Trinajstić information content (AvgIpc) is 3.29. The number of carbonyl (C=O) groups excluding carboxylic acids is 1. The van der Waals surface area contributed by atoms with E-state index in [1.807, 2.05) is 30.3 Å². The van der Waals surface area contributed by atoms with Crippen molar-refractivity contribution in [2.24, 2.45) is 0 Å². The van der Waals surface area contributed by atoms with Crippen LogP contribution >= 0.6 is 22.7 Å². The van der Waals surface area contributed by atoms with E-state index in [1.54, 1.807) is 11.3 Å². The van der Waals surface area contributed by atoms with E-state index in [-0.39, 0.29) is 5.91 Å². The molecule has 5 nitrogen and oxygen atoms in total. The van der Waals surface area contributed by atoms with E-state index in [9.17, 15) is 4.79 Å². The van der Waals surface area contributed by atoms with Gasteiger partial charge in [-0.15, -0.1) is 22.7 Å². The normalized spacial score (nSPS) is 15.5. The zero-order valence-electron chi connectivity index (χ0n) is 13.7. The SMILES string of the molecule is O=C(NCCN1CCOCC1)c1ccc(-c2nc3ccccc3s2)s1. The summed E-state index contributed by atoms with van der Waals surface area (Å²) >= 11 is 3.16. The topological polar surface area (TPSA) is 54.5 Å². The van der Waals surface area contributed by atoms with Crippen molar-refractivity contribution in [3.05, 3.63) is 41.3 Å². The lowest BCUT2D eigenvalue weighted by Gasteiger charge is -2.26. The number of aromatic nitrogens is 1. The summed E-state index contributed by atoms with van der Waals surface area (Å²) in [6, 6.07) is 12.0. The van der Waals surface area contributed by atoms with Crippen molar-refractivity contribution in [3.8, 4) is 9.88 Å². The van der Waals surface area contributed by atoms with Crippen molar-refractivity contribution in [1.82, 2.24) is 15.2 Å². The van der Waals surface area contributed by atoms with Crippen LogP contribution in [0.2, 0.25) is 0 Å². The number of hydrogen-bond donors (Lipinski definition) is 1. The second-order valence-corrected chi connectivity index (χ2v) is 7.97. The summed E-state index contributed by atoms with van der Waals surface area (Å²) in [5.41, 5.74) is 1.01. The van der Waals surface area contributed by atoms with E-state index in [0.29, 0.717) is 6.54 Å². The van der Waals surface area contributed by atoms with Crippen molar-refractivity contribution in [1.29, 1.82) is 0 Å². The van der Waals surface area contributed by atoms with Crippen molar-refractivity contribution < 1.29 is 9.53 Å². The fourth-order valence-electron chi connectivity index (χ4n) is 2.79. The van der Waals surface area contributed by atoms with Crippen LogP contribution in [-0.2, 0) is 4.74 Å². The van der Waals surface area contributed by atoms with Gasteiger partial charge in [-0.3, -0.25) is 9.69 Å². The number of benzene rings is 1. The number of morpholine rings is 1. The minimum Gasteiger partial charge on any atom is -0.379 e. The van der Waals surface area contributed by atoms with Crippen LogP contribution in [0.3, 0.4) is 0 Å². The van der Waals surface area contributed by atoms with Crippen LogP contribution in [0.5, 0.6) is 0 Å². The van der Waals surface area contributed by atoms with Gasteiger partial charge in [0, 0.05) is 26.2 Å². The number of nitrogens with zero attached hydrogens (tertiary/aromatic N) is 2. The third-order valence-electron chi connectivity index (χ3n) is 4.15. The van der Waals surface area contributed by atoms with Crippen molar-refractivity contribution in [2.45, 2.75) is 0 Å². The number of hydrogen-bond acceptors (Lipinski definition) is 6. The number of amides is 1. The molecule has 4 rings (SSSR count). The van der Waals surface area contributed by atoms with Gasteiger partial charge in [-0.2, -0.15) is 0 Å². The smallest absolute Gasteiger partial charge is 0.261 e. The van der Waals surface area contributed by atoms with Crippen molar-refractivity contribution in [2.75, 3.05) is 39.4 Å². The molecule has 1 N–H and O–H groups in total. The molecule has 0 bridgehead atoms. The standard InChI is InChI=1S/C18H19N3O2S2/c22-17(19-7-8-21-9-11-23-12-10-21)15-5-6-16(24-15)18-20-13-3-1-2-4-14(13)25-18/h1-6H,7-12H2,(H,19,22). The molecule has 3 aromatic rings. The number of para-hydroxylation sites is 1. The van der Waals surface area contributed by atoms with Crippen LogP contribution in [0.25, 0.3) is 20.1 Å². The highest BCUT2D eigenvalue weighted by Gasteiger charge is 2.14. The van der Waals surface area contributed by atoms with Crippen LogP contribution in [0.15, 0.2) is 36.4 Å². The highest BCUT2D eigenvalue weighted by atomic mass is 32.1. The lowest BCUT2D eigenvalue weighted by Crippen LogP contribution is -2.41.